The molecule has 10 nitrogen and oxygen atoms in total. The van der Waals surface area contributed by atoms with Gasteiger partial charge in [-0.05, 0) is 19.1 Å². The highest BCUT2D eigenvalue weighted by Gasteiger charge is 2.27. The molecule has 2 N–H and O–H groups in total. The van der Waals surface area contributed by atoms with Crippen molar-refractivity contribution in [2.24, 2.45) is 0 Å². The van der Waals surface area contributed by atoms with Crippen LogP contribution in [-0.2, 0) is 10.0 Å². The lowest BCUT2D eigenvalue weighted by molar-refractivity contribution is -0.0517. The Hall–Kier alpha value is -2.80. The third kappa shape index (κ3) is 5.34. The molecule has 0 saturated heterocycles. The highest BCUT2D eigenvalue weighted by atomic mass is 35.5. The number of aromatic nitrogens is 3. The van der Waals surface area contributed by atoms with E-state index in [1.807, 2.05) is 0 Å². The SMILES string of the molecule is COc1nc(C)nc(NC(=O)NS(=O)(=O)c2c(Cl)cccc2OC(F)F)n1. The van der Waals surface area contributed by atoms with Crippen LogP contribution in [0.15, 0.2) is 23.1 Å². The van der Waals surface area contributed by atoms with E-state index in [9.17, 15) is 22.0 Å². The Morgan fingerprint density at radius 3 is 2.59 bits per heavy atom. The molecule has 0 fully saturated rings. The van der Waals surface area contributed by atoms with Crippen molar-refractivity contribution in [2.45, 2.75) is 18.4 Å². The van der Waals surface area contributed by atoms with E-state index in [2.05, 4.69) is 25.0 Å². The molecule has 0 aliphatic rings. The quantitative estimate of drug-likeness (QED) is 0.720. The van der Waals surface area contributed by atoms with Crippen molar-refractivity contribution in [2.75, 3.05) is 12.4 Å². The first kappa shape index (κ1) is 20.5. The van der Waals surface area contributed by atoms with Crippen LogP contribution in [0.3, 0.4) is 0 Å². The average molecular weight is 424 g/mol. The molecule has 1 aromatic carbocycles. The van der Waals surface area contributed by atoms with Crippen LogP contribution in [0.4, 0.5) is 19.5 Å². The van der Waals surface area contributed by atoms with Gasteiger partial charge in [-0.15, -0.1) is 0 Å². The van der Waals surface area contributed by atoms with Crippen LogP contribution in [0, 0.1) is 6.92 Å². The topological polar surface area (TPSA) is 132 Å². The van der Waals surface area contributed by atoms with Crippen molar-refractivity contribution in [3.05, 3.63) is 29.0 Å². The number of methoxy groups -OCH3 is 1. The van der Waals surface area contributed by atoms with Gasteiger partial charge in [0.25, 0.3) is 10.0 Å². The van der Waals surface area contributed by atoms with Crippen molar-refractivity contribution in [3.8, 4) is 11.8 Å². The zero-order valence-corrected chi connectivity index (χ0v) is 15.3. The zero-order valence-electron chi connectivity index (χ0n) is 13.7. The summed E-state index contributed by atoms with van der Waals surface area (Å²) >= 11 is 5.78. The number of alkyl halides is 2. The molecular formula is C13H12ClF2N5O5S. The standard InChI is InChI=1S/C13H12ClF2N5O5S/c1-6-17-11(20-13(18-6)25-2)19-12(22)21-27(23,24)9-7(14)4-3-5-8(9)26-10(15)16/h3-5,10H,1-2H3,(H2,17,18,19,20,21,22). The Morgan fingerprint density at radius 2 is 1.96 bits per heavy atom. The summed E-state index contributed by atoms with van der Waals surface area (Å²) in [5.74, 6) is -0.829. The molecule has 2 rings (SSSR count). The highest BCUT2D eigenvalue weighted by Crippen LogP contribution is 2.32. The first-order valence-electron chi connectivity index (χ1n) is 6.96. The van der Waals surface area contributed by atoms with Gasteiger partial charge >= 0.3 is 18.7 Å². The van der Waals surface area contributed by atoms with Gasteiger partial charge in [0.2, 0.25) is 5.95 Å². The molecule has 0 bridgehead atoms. The molecule has 0 aliphatic heterocycles. The van der Waals surface area contributed by atoms with Crippen LogP contribution in [0.25, 0.3) is 0 Å². The number of carbonyl (C=O) groups is 1. The predicted octanol–water partition coefficient (Wildman–Crippen LogP) is 1.95. The zero-order chi connectivity index (χ0) is 20.2. The van der Waals surface area contributed by atoms with Gasteiger partial charge in [0.1, 0.15) is 16.5 Å². The van der Waals surface area contributed by atoms with Crippen LogP contribution in [-0.4, -0.2) is 43.1 Å². The highest BCUT2D eigenvalue weighted by molar-refractivity contribution is 7.90. The fourth-order valence-corrected chi connectivity index (χ4v) is 3.42. The van der Waals surface area contributed by atoms with Crippen LogP contribution in [0.2, 0.25) is 5.02 Å². The summed E-state index contributed by atoms with van der Waals surface area (Å²) in [5, 5.41) is 1.63. The third-order valence-electron chi connectivity index (χ3n) is 2.78. The maximum Gasteiger partial charge on any atom is 0.387 e. The Labute approximate surface area is 156 Å². The molecule has 14 heteroatoms. The van der Waals surface area contributed by atoms with Crippen LogP contribution in [0.1, 0.15) is 5.82 Å². The van der Waals surface area contributed by atoms with Gasteiger partial charge in [0, 0.05) is 0 Å². The van der Waals surface area contributed by atoms with Crippen molar-refractivity contribution >= 4 is 33.6 Å². The van der Waals surface area contributed by atoms with E-state index in [0.29, 0.717) is 0 Å². The number of halogens is 3. The Kier molecular flexibility index (Phi) is 6.28. The monoisotopic (exact) mass is 423 g/mol. The maximum absolute atomic E-state index is 12.5. The number of urea groups is 1. The predicted molar refractivity (Wildman–Crippen MR) is 88.5 cm³/mol. The summed E-state index contributed by atoms with van der Waals surface area (Å²) in [5.41, 5.74) is 0. The Balaban J connectivity index is 2.26. The summed E-state index contributed by atoms with van der Waals surface area (Å²) in [6.45, 7) is -1.81. The minimum Gasteiger partial charge on any atom is -0.467 e. The molecule has 1 heterocycles. The number of ether oxygens (including phenoxy) is 2. The summed E-state index contributed by atoms with van der Waals surface area (Å²) in [6, 6.07) is 1.92. The first-order chi connectivity index (χ1) is 12.6. The number of benzene rings is 1. The molecule has 2 amide bonds. The van der Waals surface area contributed by atoms with Gasteiger partial charge in [-0.1, -0.05) is 17.7 Å². The molecule has 0 radical (unpaired) electrons. The molecule has 2 aromatic rings. The van der Waals surface area contributed by atoms with Crippen molar-refractivity contribution in [1.29, 1.82) is 0 Å². The number of nitrogens with one attached hydrogen (secondary N) is 2. The lowest BCUT2D eigenvalue weighted by atomic mass is 10.3. The second kappa shape index (κ2) is 8.26. The van der Waals surface area contributed by atoms with Gasteiger partial charge in [0.15, 0.2) is 0 Å². The number of anilines is 1. The molecule has 27 heavy (non-hydrogen) atoms. The van der Waals surface area contributed by atoms with Gasteiger partial charge in [-0.3, -0.25) is 5.32 Å². The number of hydrogen-bond acceptors (Lipinski definition) is 8. The molecule has 0 atom stereocenters. The molecule has 0 unspecified atom stereocenters. The van der Waals surface area contributed by atoms with Gasteiger partial charge in [-0.2, -0.15) is 23.7 Å². The van der Waals surface area contributed by atoms with E-state index >= 15 is 0 Å². The van der Waals surface area contributed by atoms with E-state index < -0.39 is 38.3 Å². The number of aryl methyl sites for hydroxylation is 1. The van der Waals surface area contributed by atoms with Crippen molar-refractivity contribution < 1.29 is 31.5 Å². The van der Waals surface area contributed by atoms with Crippen LogP contribution < -0.4 is 19.5 Å². The second-order valence-electron chi connectivity index (χ2n) is 4.70. The normalized spacial score (nSPS) is 11.2. The lowest BCUT2D eigenvalue weighted by Crippen LogP contribution is -2.35. The molecule has 0 spiro atoms. The van der Waals surface area contributed by atoms with E-state index in [1.54, 1.807) is 4.72 Å². The number of amides is 2. The first-order valence-corrected chi connectivity index (χ1v) is 8.82. The van der Waals surface area contributed by atoms with Crippen molar-refractivity contribution in [3.63, 3.8) is 0 Å². The number of hydrogen-bond donors (Lipinski definition) is 2. The summed E-state index contributed by atoms with van der Waals surface area (Å²) in [4.78, 5) is 22.4. The minimum atomic E-state index is -4.67. The molecule has 0 aliphatic carbocycles. The average Bonchev–Trinajstić information content (AvgIpc) is 2.52. The molecule has 0 saturated carbocycles. The van der Waals surface area contributed by atoms with Crippen LogP contribution in [0.5, 0.6) is 11.8 Å². The largest absolute Gasteiger partial charge is 0.467 e. The molecule has 146 valence electrons. The number of nitrogens with zero attached hydrogens (tertiary/aromatic N) is 3. The fraction of sp³-hybridized carbons (Fsp3) is 0.231. The van der Waals surface area contributed by atoms with E-state index in [1.165, 1.54) is 20.1 Å². The van der Waals surface area contributed by atoms with Crippen molar-refractivity contribution in [1.82, 2.24) is 19.7 Å². The second-order valence-corrected chi connectivity index (χ2v) is 6.72. The number of rotatable bonds is 6. The molecular weight excluding hydrogens is 412 g/mol. The molecule has 1 aromatic heterocycles. The fourth-order valence-electron chi connectivity index (χ4n) is 1.84. The van der Waals surface area contributed by atoms with E-state index in [0.717, 1.165) is 12.1 Å². The van der Waals surface area contributed by atoms with E-state index in [-0.39, 0.29) is 17.8 Å². The van der Waals surface area contributed by atoms with Gasteiger partial charge in [-0.25, -0.2) is 17.9 Å². The summed E-state index contributed by atoms with van der Waals surface area (Å²) in [7, 11) is -3.38. The maximum atomic E-state index is 12.5. The van der Waals surface area contributed by atoms with Crippen LogP contribution >= 0.6 is 11.6 Å². The summed E-state index contributed by atoms with van der Waals surface area (Å²) in [6.07, 6.45) is 0. The lowest BCUT2D eigenvalue weighted by Gasteiger charge is -2.13. The third-order valence-corrected chi connectivity index (χ3v) is 4.62. The van der Waals surface area contributed by atoms with E-state index in [4.69, 9.17) is 16.3 Å². The summed E-state index contributed by atoms with van der Waals surface area (Å²) < 4.78 is 60.3. The van der Waals surface area contributed by atoms with Gasteiger partial charge in [0.05, 0.1) is 12.1 Å². The minimum absolute atomic E-state index is 0.112. The number of sulfonamides is 1. The van der Waals surface area contributed by atoms with Gasteiger partial charge < -0.3 is 9.47 Å². The Morgan fingerprint density at radius 1 is 1.26 bits per heavy atom. The smallest absolute Gasteiger partial charge is 0.387 e. The number of carbonyl (C=O) groups excluding carboxylic acids is 1. The Bertz CT molecular complexity index is 960.